The number of nitrogens with zero attached hydrogens (tertiary/aromatic N) is 3. The van der Waals surface area contributed by atoms with E-state index in [1.165, 1.54) is 4.90 Å². The van der Waals surface area contributed by atoms with Gasteiger partial charge in [-0.3, -0.25) is 4.79 Å². The molecule has 1 aromatic heterocycles. The van der Waals surface area contributed by atoms with Gasteiger partial charge in [-0.25, -0.2) is 23.1 Å². The van der Waals surface area contributed by atoms with Gasteiger partial charge in [0, 0.05) is 44.2 Å². The molecule has 1 aliphatic rings. The van der Waals surface area contributed by atoms with Gasteiger partial charge < -0.3 is 16.0 Å². The van der Waals surface area contributed by atoms with E-state index in [0.29, 0.717) is 44.0 Å². The molecule has 1 amide bonds. The summed E-state index contributed by atoms with van der Waals surface area (Å²) in [5.74, 6) is -8.27. The van der Waals surface area contributed by atoms with Gasteiger partial charge in [-0.1, -0.05) is 6.92 Å². The minimum Gasteiger partial charge on any atom is -0.368 e. The monoisotopic (exact) mass is 471 g/mol. The Bertz CT molecular complexity index is 990. The molecule has 0 spiro atoms. The maximum absolute atomic E-state index is 14.7. The maximum Gasteiger partial charge on any atom is 0.291 e. The molecule has 1 aromatic carbocycles. The molecule has 1 fully saturated rings. The van der Waals surface area contributed by atoms with Gasteiger partial charge in [0.25, 0.3) is 5.92 Å². The van der Waals surface area contributed by atoms with E-state index >= 15 is 0 Å². The van der Waals surface area contributed by atoms with Crippen LogP contribution in [-0.4, -0.2) is 45.9 Å². The number of piperidine rings is 1. The molecule has 6 nitrogen and oxygen atoms in total. The van der Waals surface area contributed by atoms with Crippen molar-refractivity contribution in [2.24, 2.45) is 5.73 Å². The lowest BCUT2D eigenvalue weighted by molar-refractivity contribution is -0.138. The van der Waals surface area contributed by atoms with Crippen LogP contribution < -0.4 is 11.1 Å². The van der Waals surface area contributed by atoms with E-state index in [9.17, 15) is 26.7 Å². The Morgan fingerprint density at radius 1 is 1.24 bits per heavy atom. The molecule has 2 heterocycles. The summed E-state index contributed by atoms with van der Waals surface area (Å²) in [4.78, 5) is 22.8. The van der Waals surface area contributed by atoms with E-state index < -0.39 is 47.3 Å². The average molecular weight is 471 g/mol. The predicted octanol–water partition coefficient (Wildman–Crippen LogP) is 3.76. The Hall–Kier alpha value is -2.82. The summed E-state index contributed by atoms with van der Waals surface area (Å²) in [5.41, 5.74) is 4.20. The van der Waals surface area contributed by atoms with Crippen LogP contribution in [0.15, 0.2) is 24.4 Å². The van der Waals surface area contributed by atoms with Crippen molar-refractivity contribution in [2.75, 3.05) is 18.4 Å². The molecule has 3 N–H and O–H groups in total. The van der Waals surface area contributed by atoms with Crippen molar-refractivity contribution in [1.82, 2.24) is 14.9 Å². The summed E-state index contributed by atoms with van der Waals surface area (Å²) in [7, 11) is 0. The Morgan fingerprint density at radius 3 is 2.70 bits per heavy atom. The van der Waals surface area contributed by atoms with Crippen LogP contribution in [0.2, 0.25) is 0 Å². The van der Waals surface area contributed by atoms with Crippen LogP contribution in [0.3, 0.4) is 0 Å². The molecule has 3 rings (SSSR count). The number of carbonyl (C=O) groups excluding carboxylic acids is 1. The molecule has 180 valence electrons. The molecule has 2 atom stereocenters. The second kappa shape index (κ2) is 10.4. The highest BCUT2D eigenvalue weighted by atomic mass is 19.3. The highest BCUT2D eigenvalue weighted by molar-refractivity contribution is 5.77. The van der Waals surface area contributed by atoms with Gasteiger partial charge in [0.05, 0.1) is 11.6 Å². The van der Waals surface area contributed by atoms with E-state index in [0.717, 1.165) is 6.42 Å². The van der Waals surface area contributed by atoms with E-state index in [2.05, 4.69) is 15.3 Å². The minimum atomic E-state index is -4.07. The second-order valence-electron chi connectivity index (χ2n) is 8.01. The third-order valence-corrected chi connectivity index (χ3v) is 5.72. The third-order valence-electron chi connectivity index (χ3n) is 5.72. The van der Waals surface area contributed by atoms with Crippen LogP contribution in [0.25, 0.3) is 0 Å². The highest BCUT2D eigenvalue weighted by Crippen LogP contribution is 2.35. The third kappa shape index (κ3) is 5.76. The van der Waals surface area contributed by atoms with Gasteiger partial charge in [-0.05, 0) is 31.4 Å². The first-order chi connectivity index (χ1) is 15.6. The summed E-state index contributed by atoms with van der Waals surface area (Å²) >= 11 is 0. The van der Waals surface area contributed by atoms with E-state index in [4.69, 9.17) is 5.73 Å². The maximum atomic E-state index is 14.7. The van der Waals surface area contributed by atoms with Crippen LogP contribution in [0.5, 0.6) is 0 Å². The van der Waals surface area contributed by atoms with Gasteiger partial charge in [0.1, 0.15) is 17.5 Å². The zero-order chi connectivity index (χ0) is 24.2. The average Bonchev–Trinajstić information content (AvgIpc) is 2.80. The molecule has 0 bridgehead atoms. The van der Waals surface area contributed by atoms with Crippen molar-refractivity contribution >= 4 is 11.7 Å². The lowest BCUT2D eigenvalue weighted by Gasteiger charge is -2.37. The number of nitrogens with one attached hydrogen (secondary N) is 1. The highest BCUT2D eigenvalue weighted by Gasteiger charge is 2.44. The molecule has 0 radical (unpaired) electrons. The molecular weight excluding hydrogens is 445 g/mol. The number of halogens is 5. The quantitative estimate of drug-likeness (QED) is 0.453. The Kier molecular flexibility index (Phi) is 7.83. The van der Waals surface area contributed by atoms with Crippen molar-refractivity contribution < 1.29 is 26.7 Å². The summed E-state index contributed by atoms with van der Waals surface area (Å²) < 4.78 is 69.9. The fraction of sp³-hybridized carbons (Fsp3) is 0.500. The van der Waals surface area contributed by atoms with Crippen molar-refractivity contribution in [1.29, 1.82) is 0 Å². The molecule has 33 heavy (non-hydrogen) atoms. The number of aromatic nitrogens is 2. The van der Waals surface area contributed by atoms with Crippen LogP contribution in [0, 0.1) is 17.5 Å². The number of hydrogen-bond acceptors (Lipinski definition) is 5. The van der Waals surface area contributed by atoms with Crippen LogP contribution in [0.1, 0.15) is 44.0 Å². The first-order valence-electron chi connectivity index (χ1n) is 10.8. The fourth-order valence-electron chi connectivity index (χ4n) is 3.84. The largest absolute Gasteiger partial charge is 0.368 e. The molecule has 1 aliphatic heterocycles. The lowest BCUT2D eigenvalue weighted by atomic mass is 9.96. The number of amides is 1. The van der Waals surface area contributed by atoms with E-state index in [-0.39, 0.29) is 18.2 Å². The fourth-order valence-corrected chi connectivity index (χ4v) is 3.84. The Balaban J connectivity index is 1.68. The number of likely N-dealkylation sites (tertiary alicyclic amines) is 1. The van der Waals surface area contributed by atoms with Crippen molar-refractivity contribution in [2.45, 2.75) is 57.0 Å². The lowest BCUT2D eigenvalue weighted by Crippen LogP contribution is -2.50. The van der Waals surface area contributed by atoms with E-state index in [1.54, 1.807) is 12.3 Å². The zero-order valence-corrected chi connectivity index (χ0v) is 18.1. The predicted molar refractivity (Wildman–Crippen MR) is 112 cm³/mol. The number of aryl methyl sites for hydroxylation is 1. The van der Waals surface area contributed by atoms with Gasteiger partial charge in [-0.15, -0.1) is 0 Å². The van der Waals surface area contributed by atoms with E-state index in [1.807, 2.05) is 6.92 Å². The number of alkyl halides is 2. The first-order valence-corrected chi connectivity index (χ1v) is 10.8. The Labute approximate surface area is 188 Å². The molecule has 0 saturated carbocycles. The summed E-state index contributed by atoms with van der Waals surface area (Å²) in [6.07, 6.45) is 3.73. The zero-order valence-electron chi connectivity index (χ0n) is 18.1. The van der Waals surface area contributed by atoms with Crippen LogP contribution in [-0.2, 0) is 17.1 Å². The standard InChI is InChI=1S/C22H26F5N5O/c1-2-19-29-7-6-20(31-19)30-12-13-5-3-4-8-32(13)21(33)11-18(28)22(26,27)14-9-16(24)17(25)10-15(14)23/h6-7,9-10,13,18H,2-5,8,11-12,28H2,1H3,(H,29,30,31)/t13-,18?/m0/s1. The number of benzene rings is 1. The molecule has 1 saturated heterocycles. The summed E-state index contributed by atoms with van der Waals surface area (Å²) in [6, 6.07) is -0.576. The number of carbonyl (C=O) groups is 1. The number of rotatable bonds is 8. The minimum absolute atomic E-state index is 0.0382. The van der Waals surface area contributed by atoms with Gasteiger partial charge in [-0.2, -0.15) is 8.78 Å². The number of anilines is 1. The smallest absolute Gasteiger partial charge is 0.291 e. The second-order valence-corrected chi connectivity index (χ2v) is 8.01. The van der Waals surface area contributed by atoms with Crippen LogP contribution >= 0.6 is 0 Å². The van der Waals surface area contributed by atoms with Crippen molar-refractivity contribution in [3.8, 4) is 0 Å². The SMILES string of the molecule is CCc1nccc(NC[C@@H]2CCCCN2C(=O)CC(N)C(F)(F)c2cc(F)c(F)cc2F)n1. The van der Waals surface area contributed by atoms with Crippen LogP contribution in [0.4, 0.5) is 27.8 Å². The summed E-state index contributed by atoms with van der Waals surface area (Å²) in [6.45, 7) is 2.65. The molecule has 1 unspecified atom stereocenters. The number of nitrogens with two attached hydrogens (primary N) is 1. The number of hydrogen-bond donors (Lipinski definition) is 2. The molecular formula is C22H26F5N5O. The normalized spacial score (nSPS) is 17.7. The molecule has 0 aliphatic carbocycles. The Morgan fingerprint density at radius 2 is 1.97 bits per heavy atom. The topological polar surface area (TPSA) is 84.1 Å². The van der Waals surface area contributed by atoms with Crippen molar-refractivity contribution in [3.63, 3.8) is 0 Å². The van der Waals surface area contributed by atoms with Gasteiger partial charge in [0.2, 0.25) is 5.91 Å². The molecule has 2 aromatic rings. The first kappa shape index (κ1) is 24.8. The van der Waals surface area contributed by atoms with Crippen molar-refractivity contribution in [3.05, 3.63) is 53.2 Å². The summed E-state index contributed by atoms with van der Waals surface area (Å²) in [5, 5.41) is 3.15. The van der Waals surface area contributed by atoms with Gasteiger partial charge in [0.15, 0.2) is 11.6 Å². The van der Waals surface area contributed by atoms with Gasteiger partial charge >= 0.3 is 0 Å². The molecule has 11 heteroatoms.